The predicted octanol–water partition coefficient (Wildman–Crippen LogP) is 2.76. The van der Waals surface area contributed by atoms with E-state index in [2.05, 4.69) is 26.2 Å². The van der Waals surface area contributed by atoms with Crippen LogP contribution in [0.5, 0.6) is 5.88 Å². The van der Waals surface area contributed by atoms with Crippen molar-refractivity contribution < 1.29 is 13.2 Å². The highest BCUT2D eigenvalue weighted by Gasteiger charge is 2.22. The second-order valence-corrected chi connectivity index (χ2v) is 8.77. The van der Waals surface area contributed by atoms with Crippen molar-refractivity contribution in [2.75, 3.05) is 5.32 Å². The zero-order valence-electron chi connectivity index (χ0n) is 16.4. The van der Waals surface area contributed by atoms with E-state index in [0.717, 1.165) is 24.8 Å². The van der Waals surface area contributed by atoms with Crippen LogP contribution in [0.1, 0.15) is 43.5 Å². The van der Waals surface area contributed by atoms with Crippen LogP contribution in [0, 0.1) is 12.3 Å². The summed E-state index contributed by atoms with van der Waals surface area (Å²) in [4.78, 5) is 13.6. The fraction of sp³-hybridized carbons (Fsp3) is 0.286. The largest absolute Gasteiger partial charge is 0.473 e. The summed E-state index contributed by atoms with van der Waals surface area (Å²) < 4.78 is 28.9. The topological polar surface area (TPSA) is 120 Å². The lowest BCUT2D eigenvalue weighted by Gasteiger charge is -2.26. The van der Waals surface area contributed by atoms with Gasteiger partial charge in [0.25, 0.3) is 0 Å². The first-order valence-electron chi connectivity index (χ1n) is 9.55. The monoisotopic (exact) mass is 423 g/mol. The fourth-order valence-corrected chi connectivity index (χ4v) is 3.60. The first-order chi connectivity index (χ1) is 14.3. The molecule has 0 saturated heterocycles. The number of rotatable bonds is 6. The van der Waals surface area contributed by atoms with Crippen LogP contribution in [0.3, 0.4) is 0 Å². The molecule has 0 bridgehead atoms. The summed E-state index contributed by atoms with van der Waals surface area (Å²) in [6.45, 7) is 1.92. The third kappa shape index (κ3) is 4.20. The fourth-order valence-electron chi connectivity index (χ4n) is 3.08. The van der Waals surface area contributed by atoms with E-state index in [1.807, 2.05) is 6.92 Å². The number of nitrogens with two attached hydrogens (primary N) is 1. The van der Waals surface area contributed by atoms with Crippen molar-refractivity contribution in [3.8, 4) is 18.2 Å². The highest BCUT2D eigenvalue weighted by Crippen LogP contribution is 2.30. The molecular weight excluding hydrogens is 402 g/mol. The van der Waals surface area contributed by atoms with Crippen LogP contribution in [-0.4, -0.2) is 29.5 Å². The molecule has 154 valence electrons. The first-order valence-corrected chi connectivity index (χ1v) is 11.1. The molecule has 0 spiro atoms. The number of nitrogens with one attached hydrogen (secondary N) is 1. The summed E-state index contributed by atoms with van der Waals surface area (Å²) in [6, 6.07) is 9.67. The molecule has 1 aliphatic rings. The van der Waals surface area contributed by atoms with E-state index in [4.69, 9.17) is 16.3 Å². The SMILES string of the molecule is C#Cc1ccc2nc(NC(C)c3ccc(S(N)(=O)=O)cc3)nc(OC3CCC3)c2n1. The summed E-state index contributed by atoms with van der Waals surface area (Å²) in [5, 5.41) is 8.39. The number of anilines is 1. The van der Waals surface area contributed by atoms with Crippen molar-refractivity contribution in [1.82, 2.24) is 15.0 Å². The van der Waals surface area contributed by atoms with Gasteiger partial charge in [-0.3, -0.25) is 0 Å². The van der Waals surface area contributed by atoms with E-state index < -0.39 is 10.0 Å². The molecule has 1 atom stereocenters. The van der Waals surface area contributed by atoms with Gasteiger partial charge < -0.3 is 10.1 Å². The Kier molecular flexibility index (Phi) is 5.28. The van der Waals surface area contributed by atoms with Crippen molar-refractivity contribution in [1.29, 1.82) is 0 Å². The van der Waals surface area contributed by atoms with Gasteiger partial charge in [0, 0.05) is 0 Å². The van der Waals surface area contributed by atoms with Crippen LogP contribution in [0.15, 0.2) is 41.3 Å². The van der Waals surface area contributed by atoms with Gasteiger partial charge in [-0.2, -0.15) is 4.98 Å². The maximum Gasteiger partial charge on any atom is 0.245 e. The van der Waals surface area contributed by atoms with Gasteiger partial charge in [0.2, 0.25) is 21.9 Å². The van der Waals surface area contributed by atoms with Gasteiger partial charge in [-0.05, 0) is 56.0 Å². The average Bonchev–Trinajstić information content (AvgIpc) is 2.69. The summed E-state index contributed by atoms with van der Waals surface area (Å²) in [5.41, 5.74) is 2.51. The molecule has 2 aromatic heterocycles. The van der Waals surface area contributed by atoms with E-state index in [9.17, 15) is 8.42 Å². The maximum absolute atomic E-state index is 11.4. The molecule has 1 unspecified atom stereocenters. The van der Waals surface area contributed by atoms with Crippen LogP contribution >= 0.6 is 0 Å². The molecule has 8 nitrogen and oxygen atoms in total. The standard InChI is InChI=1S/C21H21N5O3S/c1-3-15-9-12-18-19(24-15)20(29-16-5-4-6-16)26-21(25-18)23-13(2)14-7-10-17(11-8-14)30(22,27)28/h1,7-13,16H,4-6H2,2H3,(H2,22,27,28)(H,23,25,26). The first kappa shape index (κ1) is 20.1. The molecule has 4 rings (SSSR count). The van der Waals surface area contributed by atoms with Gasteiger partial charge in [0.1, 0.15) is 11.8 Å². The Morgan fingerprint density at radius 2 is 1.90 bits per heavy atom. The number of benzene rings is 1. The molecular formula is C21H21N5O3S. The molecule has 2 heterocycles. The van der Waals surface area contributed by atoms with Crippen LogP contribution in [0.4, 0.5) is 5.95 Å². The minimum atomic E-state index is -3.73. The summed E-state index contributed by atoms with van der Waals surface area (Å²) in [7, 11) is -3.73. The van der Waals surface area contributed by atoms with E-state index in [0.29, 0.717) is 28.6 Å². The van der Waals surface area contributed by atoms with Crippen molar-refractivity contribution in [2.24, 2.45) is 5.14 Å². The summed E-state index contributed by atoms with van der Waals surface area (Å²) in [5.74, 6) is 3.31. The van der Waals surface area contributed by atoms with Gasteiger partial charge in [-0.15, -0.1) is 6.42 Å². The van der Waals surface area contributed by atoms with Gasteiger partial charge in [0.15, 0.2) is 5.52 Å². The Balaban J connectivity index is 1.64. The van der Waals surface area contributed by atoms with Gasteiger partial charge in [0.05, 0.1) is 16.5 Å². The van der Waals surface area contributed by atoms with E-state index >= 15 is 0 Å². The summed E-state index contributed by atoms with van der Waals surface area (Å²) >= 11 is 0. The van der Waals surface area contributed by atoms with Crippen LogP contribution in [-0.2, 0) is 10.0 Å². The molecule has 30 heavy (non-hydrogen) atoms. The van der Waals surface area contributed by atoms with Gasteiger partial charge in [-0.25, -0.2) is 23.5 Å². The highest BCUT2D eigenvalue weighted by molar-refractivity contribution is 7.89. The number of terminal acetylenes is 1. The lowest BCUT2D eigenvalue weighted by molar-refractivity contribution is 0.116. The Morgan fingerprint density at radius 3 is 2.50 bits per heavy atom. The summed E-state index contributed by atoms with van der Waals surface area (Å²) in [6.07, 6.45) is 8.69. The number of nitrogens with zero attached hydrogens (tertiary/aromatic N) is 3. The number of primary sulfonamides is 1. The van der Waals surface area contributed by atoms with Gasteiger partial charge >= 0.3 is 0 Å². The maximum atomic E-state index is 11.4. The molecule has 0 radical (unpaired) electrons. The Labute approximate surface area is 175 Å². The molecule has 0 amide bonds. The number of hydrogen-bond acceptors (Lipinski definition) is 7. The lowest BCUT2D eigenvalue weighted by Crippen LogP contribution is -2.25. The van der Waals surface area contributed by atoms with Crippen molar-refractivity contribution in [3.05, 3.63) is 47.7 Å². The second kappa shape index (κ2) is 7.89. The second-order valence-electron chi connectivity index (χ2n) is 7.21. The minimum absolute atomic E-state index is 0.0620. The molecule has 9 heteroatoms. The van der Waals surface area contributed by atoms with E-state index in [1.54, 1.807) is 24.3 Å². The number of fused-ring (bicyclic) bond motifs is 1. The van der Waals surface area contributed by atoms with Crippen molar-refractivity contribution in [2.45, 2.75) is 43.2 Å². The molecule has 3 N–H and O–H groups in total. The molecule has 3 aromatic rings. The van der Waals surface area contributed by atoms with Gasteiger partial charge in [-0.1, -0.05) is 18.1 Å². The van der Waals surface area contributed by atoms with E-state index in [-0.39, 0.29) is 17.0 Å². The van der Waals surface area contributed by atoms with Crippen LogP contribution < -0.4 is 15.2 Å². The number of sulfonamides is 1. The van der Waals surface area contributed by atoms with Crippen LogP contribution in [0.2, 0.25) is 0 Å². The van der Waals surface area contributed by atoms with Crippen molar-refractivity contribution in [3.63, 3.8) is 0 Å². The average molecular weight is 423 g/mol. The predicted molar refractivity (Wildman–Crippen MR) is 113 cm³/mol. The zero-order valence-corrected chi connectivity index (χ0v) is 17.2. The smallest absolute Gasteiger partial charge is 0.245 e. The van der Waals surface area contributed by atoms with Crippen LogP contribution in [0.25, 0.3) is 11.0 Å². The normalized spacial score (nSPS) is 15.2. The highest BCUT2D eigenvalue weighted by atomic mass is 32.2. The Morgan fingerprint density at radius 1 is 1.17 bits per heavy atom. The molecule has 1 aromatic carbocycles. The third-order valence-corrected chi connectivity index (χ3v) is 5.97. The number of ether oxygens (including phenoxy) is 1. The van der Waals surface area contributed by atoms with E-state index in [1.165, 1.54) is 12.1 Å². The lowest BCUT2D eigenvalue weighted by atomic mass is 9.96. The third-order valence-electron chi connectivity index (χ3n) is 5.04. The number of aromatic nitrogens is 3. The molecule has 1 saturated carbocycles. The number of pyridine rings is 1. The Hall–Kier alpha value is -3.22. The number of hydrogen-bond donors (Lipinski definition) is 2. The molecule has 1 aliphatic carbocycles. The minimum Gasteiger partial charge on any atom is -0.473 e. The Bertz CT molecular complexity index is 1230. The molecule has 1 fully saturated rings. The quantitative estimate of drug-likeness (QED) is 0.585. The van der Waals surface area contributed by atoms with Crippen molar-refractivity contribution >= 4 is 27.0 Å². The zero-order chi connectivity index (χ0) is 21.3. The molecule has 0 aliphatic heterocycles.